The standard InChI is InChI=1S/C14H13NO6/c1-18-11-7-8(13(16)19-2)3-4-9(11)21-14(17)10-5-6-12(15)20-10/h3-7H,15H2,1-2H3. The first-order valence-corrected chi connectivity index (χ1v) is 5.89. The van der Waals surface area contributed by atoms with Crippen molar-refractivity contribution in [3.8, 4) is 11.5 Å². The molecule has 0 saturated carbocycles. The van der Waals surface area contributed by atoms with E-state index >= 15 is 0 Å². The number of methoxy groups -OCH3 is 2. The van der Waals surface area contributed by atoms with Crippen LogP contribution in [0.3, 0.4) is 0 Å². The third kappa shape index (κ3) is 3.14. The van der Waals surface area contributed by atoms with Crippen LogP contribution in [0.15, 0.2) is 34.7 Å². The molecule has 1 aromatic carbocycles. The quantitative estimate of drug-likeness (QED) is 0.677. The van der Waals surface area contributed by atoms with Gasteiger partial charge in [-0.1, -0.05) is 0 Å². The molecular formula is C14H13NO6. The fourth-order valence-electron chi connectivity index (χ4n) is 1.61. The second-order valence-corrected chi connectivity index (χ2v) is 3.95. The molecule has 0 atom stereocenters. The minimum atomic E-state index is -0.726. The van der Waals surface area contributed by atoms with Crippen molar-refractivity contribution in [2.75, 3.05) is 20.0 Å². The average Bonchev–Trinajstić information content (AvgIpc) is 2.93. The van der Waals surface area contributed by atoms with E-state index in [0.717, 1.165) is 0 Å². The lowest BCUT2D eigenvalue weighted by Gasteiger charge is -2.09. The highest BCUT2D eigenvalue weighted by molar-refractivity contribution is 5.91. The molecular weight excluding hydrogens is 278 g/mol. The monoisotopic (exact) mass is 291 g/mol. The first-order valence-electron chi connectivity index (χ1n) is 5.89. The van der Waals surface area contributed by atoms with Crippen LogP contribution in [0.4, 0.5) is 5.88 Å². The lowest BCUT2D eigenvalue weighted by atomic mass is 10.2. The van der Waals surface area contributed by atoms with Crippen LogP contribution in [0.2, 0.25) is 0 Å². The number of benzene rings is 1. The molecule has 0 saturated heterocycles. The van der Waals surface area contributed by atoms with Gasteiger partial charge >= 0.3 is 11.9 Å². The largest absolute Gasteiger partial charge is 0.493 e. The smallest absolute Gasteiger partial charge is 0.379 e. The Labute approximate surface area is 120 Å². The minimum Gasteiger partial charge on any atom is -0.493 e. The maximum atomic E-state index is 11.9. The molecule has 2 N–H and O–H groups in total. The molecule has 0 unspecified atom stereocenters. The number of carbonyl (C=O) groups is 2. The fourth-order valence-corrected chi connectivity index (χ4v) is 1.61. The predicted molar refractivity (Wildman–Crippen MR) is 72.4 cm³/mol. The molecule has 7 nitrogen and oxygen atoms in total. The zero-order chi connectivity index (χ0) is 15.4. The molecule has 1 heterocycles. The number of hydrogen-bond acceptors (Lipinski definition) is 7. The molecule has 2 aromatic rings. The van der Waals surface area contributed by atoms with Crippen molar-refractivity contribution in [3.05, 3.63) is 41.7 Å². The zero-order valence-electron chi connectivity index (χ0n) is 11.4. The van der Waals surface area contributed by atoms with Gasteiger partial charge in [0.25, 0.3) is 0 Å². The Morgan fingerprint density at radius 3 is 2.38 bits per heavy atom. The van der Waals surface area contributed by atoms with Crippen LogP contribution in [0.25, 0.3) is 0 Å². The van der Waals surface area contributed by atoms with E-state index in [1.54, 1.807) is 0 Å². The van der Waals surface area contributed by atoms with Crippen LogP contribution >= 0.6 is 0 Å². The highest BCUT2D eigenvalue weighted by Gasteiger charge is 2.17. The minimum absolute atomic E-state index is 0.0356. The number of ether oxygens (including phenoxy) is 3. The molecule has 0 aliphatic rings. The second kappa shape index (κ2) is 6.00. The maximum Gasteiger partial charge on any atom is 0.379 e. The van der Waals surface area contributed by atoms with Gasteiger partial charge in [-0.3, -0.25) is 0 Å². The summed E-state index contributed by atoms with van der Waals surface area (Å²) in [5.74, 6) is -0.821. The second-order valence-electron chi connectivity index (χ2n) is 3.95. The third-order valence-electron chi connectivity index (χ3n) is 2.62. The van der Waals surface area contributed by atoms with Gasteiger partial charge in [-0.2, -0.15) is 0 Å². The van der Waals surface area contributed by atoms with Gasteiger partial charge < -0.3 is 24.4 Å². The van der Waals surface area contributed by atoms with Crippen molar-refractivity contribution >= 4 is 17.8 Å². The fraction of sp³-hybridized carbons (Fsp3) is 0.143. The van der Waals surface area contributed by atoms with E-state index in [-0.39, 0.29) is 28.7 Å². The van der Waals surface area contributed by atoms with E-state index in [0.29, 0.717) is 0 Å². The Balaban J connectivity index is 2.23. The van der Waals surface area contributed by atoms with Gasteiger partial charge in [0.1, 0.15) is 0 Å². The number of nitrogens with two attached hydrogens (primary N) is 1. The molecule has 0 fully saturated rings. The molecule has 0 aliphatic carbocycles. The summed E-state index contributed by atoms with van der Waals surface area (Å²) in [6.45, 7) is 0. The molecule has 0 amide bonds. The van der Waals surface area contributed by atoms with Crippen molar-refractivity contribution < 1.29 is 28.2 Å². The van der Waals surface area contributed by atoms with E-state index in [1.165, 1.54) is 44.6 Å². The third-order valence-corrected chi connectivity index (χ3v) is 2.62. The Kier molecular flexibility index (Phi) is 4.13. The van der Waals surface area contributed by atoms with E-state index in [2.05, 4.69) is 4.74 Å². The molecule has 2 rings (SSSR count). The number of carbonyl (C=O) groups excluding carboxylic acids is 2. The molecule has 21 heavy (non-hydrogen) atoms. The summed E-state index contributed by atoms with van der Waals surface area (Å²) in [5.41, 5.74) is 5.66. The summed E-state index contributed by atoms with van der Waals surface area (Å²) in [6.07, 6.45) is 0. The SMILES string of the molecule is COC(=O)c1ccc(OC(=O)c2ccc(N)o2)c(OC)c1. The van der Waals surface area contributed by atoms with Gasteiger partial charge in [0.05, 0.1) is 19.8 Å². The van der Waals surface area contributed by atoms with Crippen LogP contribution in [0.5, 0.6) is 11.5 Å². The lowest BCUT2D eigenvalue weighted by molar-refractivity contribution is 0.0600. The van der Waals surface area contributed by atoms with Crippen LogP contribution < -0.4 is 15.2 Å². The highest BCUT2D eigenvalue weighted by Crippen LogP contribution is 2.29. The Morgan fingerprint density at radius 2 is 1.81 bits per heavy atom. The van der Waals surface area contributed by atoms with Gasteiger partial charge in [-0.15, -0.1) is 0 Å². The number of nitrogen functional groups attached to an aromatic ring is 1. The van der Waals surface area contributed by atoms with Crippen molar-refractivity contribution in [1.82, 2.24) is 0 Å². The molecule has 7 heteroatoms. The van der Waals surface area contributed by atoms with E-state index < -0.39 is 11.9 Å². The van der Waals surface area contributed by atoms with Gasteiger partial charge in [0, 0.05) is 6.07 Å². The first-order chi connectivity index (χ1) is 10.0. The Bertz CT molecular complexity index is 676. The van der Waals surface area contributed by atoms with Crippen LogP contribution in [0, 0.1) is 0 Å². The number of esters is 2. The summed E-state index contributed by atoms with van der Waals surface area (Å²) in [6, 6.07) is 7.12. The van der Waals surface area contributed by atoms with E-state index in [4.69, 9.17) is 19.6 Å². The van der Waals surface area contributed by atoms with Crippen LogP contribution in [-0.2, 0) is 4.74 Å². The number of rotatable bonds is 4. The van der Waals surface area contributed by atoms with Gasteiger partial charge in [0.15, 0.2) is 17.4 Å². The Morgan fingerprint density at radius 1 is 1.05 bits per heavy atom. The first kappa shape index (κ1) is 14.4. The van der Waals surface area contributed by atoms with Crippen molar-refractivity contribution in [2.24, 2.45) is 0 Å². The predicted octanol–water partition coefficient (Wildman–Crippen LogP) is 1.88. The number of hydrogen-bond donors (Lipinski definition) is 1. The average molecular weight is 291 g/mol. The molecule has 0 bridgehead atoms. The van der Waals surface area contributed by atoms with Gasteiger partial charge in [0.2, 0.25) is 5.76 Å². The highest BCUT2D eigenvalue weighted by atomic mass is 16.6. The lowest BCUT2D eigenvalue weighted by Crippen LogP contribution is -2.09. The number of anilines is 1. The van der Waals surface area contributed by atoms with Crippen molar-refractivity contribution in [2.45, 2.75) is 0 Å². The Hall–Kier alpha value is -2.96. The molecule has 110 valence electrons. The maximum absolute atomic E-state index is 11.9. The summed E-state index contributed by atoms with van der Waals surface area (Å²) in [7, 11) is 2.66. The van der Waals surface area contributed by atoms with E-state index in [9.17, 15) is 9.59 Å². The summed E-state index contributed by atoms with van der Waals surface area (Å²) in [5, 5.41) is 0. The van der Waals surface area contributed by atoms with Crippen LogP contribution in [0.1, 0.15) is 20.9 Å². The van der Waals surface area contributed by atoms with Crippen LogP contribution in [-0.4, -0.2) is 26.2 Å². The van der Waals surface area contributed by atoms with Gasteiger partial charge in [-0.25, -0.2) is 9.59 Å². The molecule has 0 radical (unpaired) electrons. The number of furan rings is 1. The topological polar surface area (TPSA) is 101 Å². The molecule has 0 spiro atoms. The summed E-state index contributed by atoms with van der Waals surface area (Å²) >= 11 is 0. The normalized spacial score (nSPS) is 10.0. The van der Waals surface area contributed by atoms with E-state index in [1.807, 2.05) is 0 Å². The zero-order valence-corrected chi connectivity index (χ0v) is 11.4. The summed E-state index contributed by atoms with van der Waals surface area (Å²) < 4.78 is 19.8. The summed E-state index contributed by atoms with van der Waals surface area (Å²) in [4.78, 5) is 23.3. The van der Waals surface area contributed by atoms with Crippen molar-refractivity contribution in [3.63, 3.8) is 0 Å². The molecule has 1 aromatic heterocycles. The molecule has 0 aliphatic heterocycles. The van der Waals surface area contributed by atoms with Crippen molar-refractivity contribution in [1.29, 1.82) is 0 Å². The van der Waals surface area contributed by atoms with Gasteiger partial charge in [-0.05, 0) is 24.3 Å².